The quantitative estimate of drug-likeness (QED) is 0.227. The molecule has 0 aliphatic heterocycles. The molecule has 0 aromatic rings. The maximum Gasteiger partial charge on any atom is 0.200 e. The highest BCUT2D eigenvalue weighted by Crippen LogP contribution is 2.29. The van der Waals surface area contributed by atoms with Crippen LogP contribution in [0.2, 0.25) is 0 Å². The van der Waals surface area contributed by atoms with Crippen molar-refractivity contribution in [2.45, 2.75) is 104 Å². The van der Waals surface area contributed by atoms with Crippen LogP contribution in [0.1, 0.15) is 104 Å². The molecule has 1 aliphatic rings. The van der Waals surface area contributed by atoms with Crippen LogP contribution in [0.3, 0.4) is 0 Å². The molecule has 6 nitrogen and oxygen atoms in total. The van der Waals surface area contributed by atoms with Gasteiger partial charge in [0, 0.05) is 25.2 Å². The number of hydrogen-bond donors (Lipinski definition) is 4. The summed E-state index contributed by atoms with van der Waals surface area (Å²) in [6.07, 6.45) is 10.2. The number of aliphatic hydroxyl groups is 4. The summed E-state index contributed by atoms with van der Waals surface area (Å²) < 4.78 is 0. The maximum absolute atomic E-state index is 11.4. The van der Waals surface area contributed by atoms with Crippen LogP contribution in [-0.4, -0.2) is 32.0 Å². The summed E-state index contributed by atoms with van der Waals surface area (Å²) in [5.41, 5.74) is 0. The van der Waals surface area contributed by atoms with Crippen molar-refractivity contribution in [3.8, 4) is 0 Å². The van der Waals surface area contributed by atoms with E-state index in [2.05, 4.69) is 0 Å². The van der Waals surface area contributed by atoms with E-state index in [1.165, 1.54) is 6.42 Å². The predicted molar refractivity (Wildman–Crippen MR) is 115 cm³/mol. The summed E-state index contributed by atoms with van der Waals surface area (Å²) in [4.78, 5) is 22.6. The number of ketones is 2. The Labute approximate surface area is 175 Å². The second kappa shape index (κ2) is 15.9. The second-order valence-corrected chi connectivity index (χ2v) is 7.67. The molecular weight excluding hydrogens is 372 g/mol. The van der Waals surface area contributed by atoms with Crippen LogP contribution in [0.5, 0.6) is 0 Å². The number of unbranched alkanes of at least 4 members (excludes halogenated alkanes) is 2. The van der Waals surface area contributed by atoms with Gasteiger partial charge in [-0.3, -0.25) is 9.59 Å². The van der Waals surface area contributed by atoms with Crippen molar-refractivity contribution in [2.75, 3.05) is 0 Å². The SMILES string of the molecule is CCCC(=O)C(O)=C(O)C1CCCCC1.CCCCC(=O)C(O)=C(O)CCCC. The minimum Gasteiger partial charge on any atom is -0.508 e. The first-order chi connectivity index (χ1) is 13.8. The molecule has 168 valence electrons. The van der Waals surface area contributed by atoms with E-state index in [9.17, 15) is 30.0 Å². The number of carbonyl (C=O) groups is 2. The van der Waals surface area contributed by atoms with E-state index in [-0.39, 0.29) is 29.0 Å². The Balaban J connectivity index is 0.000000543. The predicted octanol–water partition coefficient (Wildman–Crippen LogP) is 6.53. The Morgan fingerprint density at radius 3 is 1.72 bits per heavy atom. The first kappa shape index (κ1) is 27.0. The van der Waals surface area contributed by atoms with Crippen molar-refractivity contribution >= 4 is 11.6 Å². The van der Waals surface area contributed by atoms with Crippen LogP contribution >= 0.6 is 0 Å². The lowest BCUT2D eigenvalue weighted by molar-refractivity contribution is -0.119. The van der Waals surface area contributed by atoms with Crippen LogP contribution in [0, 0.1) is 5.92 Å². The van der Waals surface area contributed by atoms with E-state index in [0.29, 0.717) is 25.7 Å². The van der Waals surface area contributed by atoms with Gasteiger partial charge in [0.05, 0.1) is 0 Å². The highest BCUT2D eigenvalue weighted by molar-refractivity contribution is 5.93. The summed E-state index contributed by atoms with van der Waals surface area (Å²) in [7, 11) is 0. The number of rotatable bonds is 11. The molecule has 1 fully saturated rings. The first-order valence-corrected chi connectivity index (χ1v) is 11.1. The zero-order valence-electron chi connectivity index (χ0n) is 18.4. The summed E-state index contributed by atoms with van der Waals surface area (Å²) in [5.74, 6) is -1.75. The van der Waals surface area contributed by atoms with Gasteiger partial charge in [0.25, 0.3) is 0 Å². The zero-order valence-corrected chi connectivity index (χ0v) is 18.4. The van der Waals surface area contributed by atoms with Crippen molar-refractivity contribution in [1.82, 2.24) is 0 Å². The lowest BCUT2D eigenvalue weighted by Gasteiger charge is -2.21. The second-order valence-electron chi connectivity index (χ2n) is 7.67. The van der Waals surface area contributed by atoms with Gasteiger partial charge >= 0.3 is 0 Å². The van der Waals surface area contributed by atoms with Crippen molar-refractivity contribution in [3.63, 3.8) is 0 Å². The fraction of sp³-hybridized carbons (Fsp3) is 0.739. The molecule has 0 aromatic carbocycles. The van der Waals surface area contributed by atoms with E-state index < -0.39 is 11.5 Å². The van der Waals surface area contributed by atoms with Crippen LogP contribution in [-0.2, 0) is 9.59 Å². The van der Waals surface area contributed by atoms with Crippen molar-refractivity contribution in [1.29, 1.82) is 0 Å². The number of hydrogen-bond acceptors (Lipinski definition) is 6. The number of allylic oxidation sites excluding steroid dienone is 4. The molecule has 0 spiro atoms. The standard InChI is InChI=1S/C12H20O3.C11H20O3/c1-2-6-10(13)12(15)11(14)9-7-4-3-5-8-9;1-3-5-7-9(12)11(14)10(13)8-6-4-2/h9,14-15H,2-8H2,1H3;12,14H,3-8H2,1-2H3. The van der Waals surface area contributed by atoms with E-state index in [1.807, 2.05) is 20.8 Å². The lowest BCUT2D eigenvalue weighted by atomic mass is 9.87. The Hall–Kier alpha value is -1.98. The minimum atomic E-state index is -0.438. The summed E-state index contributed by atoms with van der Waals surface area (Å²) in [6, 6.07) is 0. The van der Waals surface area contributed by atoms with Crippen LogP contribution < -0.4 is 0 Å². The van der Waals surface area contributed by atoms with Gasteiger partial charge in [-0.05, 0) is 32.1 Å². The van der Waals surface area contributed by atoms with Gasteiger partial charge in [0.1, 0.15) is 11.5 Å². The summed E-state index contributed by atoms with van der Waals surface area (Å²) in [6.45, 7) is 5.84. The van der Waals surface area contributed by atoms with E-state index in [4.69, 9.17) is 0 Å². The minimum absolute atomic E-state index is 0.000411. The summed E-state index contributed by atoms with van der Waals surface area (Å²) >= 11 is 0. The molecule has 0 heterocycles. The third-order valence-electron chi connectivity index (χ3n) is 5.04. The third-order valence-corrected chi connectivity index (χ3v) is 5.04. The molecule has 29 heavy (non-hydrogen) atoms. The van der Waals surface area contributed by atoms with E-state index in [0.717, 1.165) is 51.4 Å². The molecule has 0 unspecified atom stereocenters. The topological polar surface area (TPSA) is 115 Å². The Bertz CT molecular complexity index is 556. The molecule has 1 aliphatic carbocycles. The fourth-order valence-corrected chi connectivity index (χ4v) is 3.14. The van der Waals surface area contributed by atoms with Crippen LogP contribution in [0.25, 0.3) is 0 Å². The Morgan fingerprint density at radius 2 is 1.21 bits per heavy atom. The normalized spacial score (nSPS) is 16.2. The van der Waals surface area contributed by atoms with Gasteiger partial charge < -0.3 is 20.4 Å². The average Bonchev–Trinajstić information content (AvgIpc) is 2.75. The van der Waals surface area contributed by atoms with Gasteiger partial charge in [0.2, 0.25) is 11.6 Å². The van der Waals surface area contributed by atoms with Crippen molar-refractivity contribution in [2.24, 2.45) is 5.92 Å². The third kappa shape index (κ3) is 11.0. The number of Topliss-reactive ketones (excluding diaryl/α,β-unsaturated/α-hetero) is 2. The van der Waals surface area contributed by atoms with Gasteiger partial charge in [-0.25, -0.2) is 0 Å². The number of aliphatic hydroxyl groups excluding tert-OH is 4. The molecule has 0 amide bonds. The lowest BCUT2D eigenvalue weighted by Crippen LogP contribution is -2.14. The molecule has 1 rings (SSSR count). The van der Waals surface area contributed by atoms with E-state index >= 15 is 0 Å². The molecule has 4 N–H and O–H groups in total. The van der Waals surface area contributed by atoms with Gasteiger partial charge in [-0.15, -0.1) is 0 Å². The highest BCUT2D eigenvalue weighted by Gasteiger charge is 2.23. The molecule has 0 atom stereocenters. The molecule has 0 bridgehead atoms. The van der Waals surface area contributed by atoms with E-state index in [1.54, 1.807) is 0 Å². The average molecular weight is 413 g/mol. The van der Waals surface area contributed by atoms with Crippen molar-refractivity contribution in [3.05, 3.63) is 23.0 Å². The smallest absolute Gasteiger partial charge is 0.200 e. The Kier molecular flexibility index (Phi) is 14.8. The van der Waals surface area contributed by atoms with Crippen LogP contribution in [0.4, 0.5) is 0 Å². The van der Waals surface area contributed by atoms with Crippen molar-refractivity contribution < 1.29 is 30.0 Å². The zero-order chi connectivity index (χ0) is 22.2. The molecule has 0 radical (unpaired) electrons. The molecule has 0 aromatic heterocycles. The monoisotopic (exact) mass is 412 g/mol. The van der Waals surface area contributed by atoms with Gasteiger partial charge in [0.15, 0.2) is 11.5 Å². The largest absolute Gasteiger partial charge is 0.508 e. The maximum atomic E-state index is 11.4. The molecule has 6 heteroatoms. The Morgan fingerprint density at radius 1 is 0.690 bits per heavy atom. The van der Waals surface area contributed by atoms with Gasteiger partial charge in [-0.2, -0.15) is 0 Å². The number of carbonyl (C=O) groups excluding carboxylic acids is 2. The fourth-order valence-electron chi connectivity index (χ4n) is 3.14. The molecule has 0 saturated heterocycles. The molecule has 1 saturated carbocycles. The summed E-state index contributed by atoms with van der Waals surface area (Å²) in [5, 5.41) is 37.9. The highest BCUT2D eigenvalue weighted by atomic mass is 16.3. The first-order valence-electron chi connectivity index (χ1n) is 11.1. The molecular formula is C23H40O6. The van der Waals surface area contributed by atoms with Gasteiger partial charge in [-0.1, -0.05) is 52.9 Å². The van der Waals surface area contributed by atoms with Crippen LogP contribution in [0.15, 0.2) is 23.0 Å².